The lowest BCUT2D eigenvalue weighted by molar-refractivity contribution is 0.256. The summed E-state index contributed by atoms with van der Waals surface area (Å²) in [6, 6.07) is 15.0. The number of rotatable bonds is 4. The molecule has 2 amide bonds. The van der Waals surface area contributed by atoms with Gasteiger partial charge in [0.15, 0.2) is 0 Å². The lowest BCUT2D eigenvalue weighted by atomic mass is 10.2. The molecule has 0 saturated carbocycles. The molecule has 1 N–H and O–H groups in total. The van der Waals surface area contributed by atoms with Crippen molar-refractivity contribution in [2.24, 2.45) is 0 Å². The Balaban J connectivity index is 1.67. The van der Waals surface area contributed by atoms with Gasteiger partial charge >= 0.3 is 6.03 Å². The Hall–Kier alpha value is -2.86. The molecule has 4 rings (SSSR count). The Morgan fingerprint density at radius 1 is 1.14 bits per heavy atom. The number of carbonyl (C=O) groups excluding carboxylic acids is 1. The molecule has 1 aromatic heterocycles. The van der Waals surface area contributed by atoms with Crippen LogP contribution in [0.4, 0.5) is 16.4 Å². The minimum absolute atomic E-state index is 0.241. The van der Waals surface area contributed by atoms with Crippen LogP contribution in [0.3, 0.4) is 0 Å². The standard InChI is InChI=1S/C22H24ClN5O/c1-16-7-5-10-19(13-16)24-22(29)28(15-17-8-6-9-18(23)14-17)21-26-25-20-11-3-2-4-12-27(20)21/h5-10,13-14H,2-4,11-12,15H2,1H3,(H,24,29). The number of nitrogens with one attached hydrogen (secondary N) is 1. The lowest BCUT2D eigenvalue weighted by Gasteiger charge is -2.23. The topological polar surface area (TPSA) is 63.1 Å². The largest absolute Gasteiger partial charge is 0.329 e. The van der Waals surface area contributed by atoms with E-state index in [1.165, 1.54) is 0 Å². The number of hydrogen-bond donors (Lipinski definition) is 1. The molecule has 1 aliphatic heterocycles. The van der Waals surface area contributed by atoms with Gasteiger partial charge in [0.25, 0.3) is 0 Å². The number of aryl methyl sites for hydroxylation is 2. The highest BCUT2D eigenvalue weighted by molar-refractivity contribution is 6.30. The Morgan fingerprint density at radius 2 is 2.00 bits per heavy atom. The number of fused-ring (bicyclic) bond motifs is 1. The second-order valence-electron chi connectivity index (χ2n) is 7.39. The molecule has 0 fully saturated rings. The van der Waals surface area contributed by atoms with Gasteiger partial charge in [-0.1, -0.05) is 42.3 Å². The van der Waals surface area contributed by atoms with Crippen molar-refractivity contribution < 1.29 is 4.79 Å². The molecular weight excluding hydrogens is 386 g/mol. The van der Waals surface area contributed by atoms with Crippen LogP contribution >= 0.6 is 11.6 Å². The molecule has 0 aliphatic carbocycles. The molecule has 0 radical (unpaired) electrons. The SMILES string of the molecule is Cc1cccc(NC(=O)N(Cc2cccc(Cl)c2)c2nnc3n2CCCCC3)c1. The monoisotopic (exact) mass is 409 g/mol. The first-order valence-electron chi connectivity index (χ1n) is 9.92. The first-order valence-corrected chi connectivity index (χ1v) is 10.3. The number of anilines is 2. The van der Waals surface area contributed by atoms with Gasteiger partial charge < -0.3 is 5.32 Å². The van der Waals surface area contributed by atoms with Gasteiger partial charge in [-0.15, -0.1) is 10.2 Å². The lowest BCUT2D eigenvalue weighted by Crippen LogP contribution is -2.36. The van der Waals surface area contributed by atoms with E-state index in [1.807, 2.05) is 55.5 Å². The second kappa shape index (κ2) is 8.66. The molecule has 0 bridgehead atoms. The van der Waals surface area contributed by atoms with Crippen LogP contribution in [0.1, 0.15) is 36.2 Å². The van der Waals surface area contributed by atoms with Crippen molar-refractivity contribution in [3.63, 3.8) is 0 Å². The van der Waals surface area contributed by atoms with Gasteiger partial charge in [-0.2, -0.15) is 0 Å². The van der Waals surface area contributed by atoms with E-state index in [9.17, 15) is 4.79 Å². The number of benzene rings is 2. The highest BCUT2D eigenvalue weighted by atomic mass is 35.5. The number of halogens is 1. The van der Waals surface area contributed by atoms with E-state index in [1.54, 1.807) is 4.90 Å². The summed E-state index contributed by atoms with van der Waals surface area (Å²) in [6.45, 7) is 3.18. The molecular formula is C22H24ClN5O. The van der Waals surface area contributed by atoms with E-state index in [0.717, 1.165) is 54.9 Å². The minimum Gasteiger partial charge on any atom is -0.307 e. The van der Waals surface area contributed by atoms with E-state index in [2.05, 4.69) is 20.1 Å². The van der Waals surface area contributed by atoms with Gasteiger partial charge in [0, 0.05) is 23.7 Å². The average Bonchev–Trinajstić information content (AvgIpc) is 2.93. The Labute approximate surface area is 175 Å². The van der Waals surface area contributed by atoms with Gasteiger partial charge in [0.05, 0.1) is 6.54 Å². The molecule has 3 aromatic rings. The zero-order valence-corrected chi connectivity index (χ0v) is 17.2. The number of amides is 2. The fourth-order valence-corrected chi connectivity index (χ4v) is 3.85. The Morgan fingerprint density at radius 3 is 2.83 bits per heavy atom. The highest BCUT2D eigenvalue weighted by Crippen LogP contribution is 2.24. The average molecular weight is 410 g/mol. The molecule has 2 heterocycles. The summed E-state index contributed by atoms with van der Waals surface area (Å²) >= 11 is 6.16. The van der Waals surface area contributed by atoms with E-state index in [-0.39, 0.29) is 6.03 Å². The fourth-order valence-electron chi connectivity index (χ4n) is 3.63. The minimum atomic E-state index is -0.241. The number of nitrogens with zero attached hydrogens (tertiary/aromatic N) is 4. The van der Waals surface area contributed by atoms with Gasteiger partial charge in [0.1, 0.15) is 5.82 Å². The van der Waals surface area contributed by atoms with Crippen molar-refractivity contribution in [2.75, 3.05) is 10.2 Å². The zero-order valence-electron chi connectivity index (χ0n) is 16.4. The number of urea groups is 1. The fraction of sp³-hybridized carbons (Fsp3) is 0.318. The third-order valence-electron chi connectivity index (χ3n) is 5.08. The van der Waals surface area contributed by atoms with Crippen LogP contribution in [0.5, 0.6) is 0 Å². The van der Waals surface area contributed by atoms with Gasteiger partial charge in [-0.25, -0.2) is 4.79 Å². The number of carbonyl (C=O) groups is 1. The van der Waals surface area contributed by atoms with Crippen LogP contribution in [0.25, 0.3) is 0 Å². The van der Waals surface area contributed by atoms with E-state index in [0.29, 0.717) is 17.5 Å². The summed E-state index contributed by atoms with van der Waals surface area (Å²) in [5, 5.41) is 12.4. The van der Waals surface area contributed by atoms with Crippen molar-refractivity contribution >= 4 is 29.3 Å². The third kappa shape index (κ3) is 4.59. The molecule has 29 heavy (non-hydrogen) atoms. The normalized spacial score (nSPS) is 13.4. The quantitative estimate of drug-likeness (QED) is 0.643. The molecule has 1 aliphatic rings. The van der Waals surface area contributed by atoms with Crippen LogP contribution in [-0.2, 0) is 19.5 Å². The maximum absolute atomic E-state index is 13.3. The molecule has 0 atom stereocenters. The second-order valence-corrected chi connectivity index (χ2v) is 7.83. The van der Waals surface area contributed by atoms with Crippen molar-refractivity contribution in [3.8, 4) is 0 Å². The van der Waals surface area contributed by atoms with Crippen molar-refractivity contribution in [1.29, 1.82) is 0 Å². The summed E-state index contributed by atoms with van der Waals surface area (Å²) in [6.07, 6.45) is 4.20. The van der Waals surface area contributed by atoms with Crippen molar-refractivity contribution in [1.82, 2.24) is 14.8 Å². The van der Waals surface area contributed by atoms with E-state index in [4.69, 9.17) is 11.6 Å². The maximum atomic E-state index is 13.3. The van der Waals surface area contributed by atoms with E-state index >= 15 is 0 Å². The predicted molar refractivity (Wildman–Crippen MR) is 115 cm³/mol. The maximum Gasteiger partial charge on any atom is 0.329 e. The first kappa shape index (κ1) is 19.5. The van der Waals surface area contributed by atoms with Crippen LogP contribution in [0.2, 0.25) is 5.02 Å². The molecule has 2 aromatic carbocycles. The molecule has 0 saturated heterocycles. The molecule has 0 unspecified atom stereocenters. The summed E-state index contributed by atoms with van der Waals surface area (Å²) < 4.78 is 2.08. The van der Waals surface area contributed by atoms with Gasteiger partial charge in [-0.3, -0.25) is 9.47 Å². The van der Waals surface area contributed by atoms with Crippen LogP contribution in [-0.4, -0.2) is 20.8 Å². The summed E-state index contributed by atoms with van der Waals surface area (Å²) in [7, 11) is 0. The summed E-state index contributed by atoms with van der Waals surface area (Å²) in [5.41, 5.74) is 2.77. The summed E-state index contributed by atoms with van der Waals surface area (Å²) in [4.78, 5) is 14.9. The highest BCUT2D eigenvalue weighted by Gasteiger charge is 2.25. The number of hydrogen-bond acceptors (Lipinski definition) is 3. The van der Waals surface area contributed by atoms with Crippen LogP contribution in [0.15, 0.2) is 48.5 Å². The summed E-state index contributed by atoms with van der Waals surface area (Å²) in [5.74, 6) is 1.52. The number of aromatic nitrogens is 3. The Kier molecular flexibility index (Phi) is 5.81. The molecule has 0 spiro atoms. The molecule has 6 nitrogen and oxygen atoms in total. The van der Waals surface area contributed by atoms with Crippen molar-refractivity contribution in [2.45, 2.75) is 45.7 Å². The smallest absolute Gasteiger partial charge is 0.307 e. The first-order chi connectivity index (χ1) is 14.1. The molecule has 150 valence electrons. The predicted octanol–water partition coefficient (Wildman–Crippen LogP) is 5.21. The van der Waals surface area contributed by atoms with Crippen LogP contribution < -0.4 is 10.2 Å². The van der Waals surface area contributed by atoms with Crippen molar-refractivity contribution in [3.05, 3.63) is 70.5 Å². The van der Waals surface area contributed by atoms with Gasteiger partial charge in [0.2, 0.25) is 5.95 Å². The molecule has 7 heteroatoms. The zero-order chi connectivity index (χ0) is 20.2. The van der Waals surface area contributed by atoms with Crippen LogP contribution in [0, 0.1) is 6.92 Å². The van der Waals surface area contributed by atoms with E-state index < -0.39 is 0 Å². The Bertz CT molecular complexity index is 1020. The third-order valence-corrected chi connectivity index (χ3v) is 5.31. The van der Waals surface area contributed by atoms with Gasteiger partial charge in [-0.05, 0) is 55.2 Å².